The third-order valence-corrected chi connectivity index (χ3v) is 6.13. The van der Waals surface area contributed by atoms with Crippen molar-refractivity contribution in [1.29, 1.82) is 0 Å². The summed E-state index contributed by atoms with van der Waals surface area (Å²) in [6, 6.07) is 0.473. The Balaban J connectivity index is 0.00000729. The Bertz CT molecular complexity index is 400. The van der Waals surface area contributed by atoms with Crippen LogP contribution in [0, 0.1) is 0 Å². The minimum Gasteiger partial charge on any atom is -1.00 e. The second-order valence-corrected chi connectivity index (χ2v) is 8.38. The van der Waals surface area contributed by atoms with E-state index in [2.05, 4.69) is 37.3 Å². The third-order valence-electron chi connectivity index (χ3n) is 6.13. The molecule has 0 saturated carbocycles. The fourth-order valence-electron chi connectivity index (χ4n) is 4.32. The molecule has 0 saturated heterocycles. The van der Waals surface area contributed by atoms with Gasteiger partial charge in [0.25, 0.3) is 0 Å². The van der Waals surface area contributed by atoms with Gasteiger partial charge in [-0.1, -0.05) is 90.6 Å². The fourth-order valence-corrected chi connectivity index (χ4v) is 4.32. The van der Waals surface area contributed by atoms with Crippen LogP contribution in [0.2, 0.25) is 0 Å². The molecule has 1 heterocycles. The summed E-state index contributed by atoms with van der Waals surface area (Å²) in [6.07, 6.45) is 26.1. The number of allylic oxidation sites excluding steroid dienone is 1. The van der Waals surface area contributed by atoms with Crippen molar-refractivity contribution in [3.05, 3.63) is 12.2 Å². The number of unbranched alkanes of at least 4 members (excludes halogenated alkanes) is 12. The van der Waals surface area contributed by atoms with Crippen molar-refractivity contribution in [3.8, 4) is 0 Å². The van der Waals surface area contributed by atoms with Crippen molar-refractivity contribution in [3.63, 3.8) is 0 Å². The number of hydrogen-bond acceptors (Lipinski definition) is 2. The summed E-state index contributed by atoms with van der Waals surface area (Å²) in [5, 5.41) is 9.43. The SMILES string of the molecule is CCCCCCCCCCCCCC/C=C/C(CC)[N+]1(CCO)C=NCC1.[Br-]. The van der Waals surface area contributed by atoms with E-state index in [-0.39, 0.29) is 23.6 Å². The molecule has 166 valence electrons. The van der Waals surface area contributed by atoms with Gasteiger partial charge in [0.15, 0.2) is 6.34 Å². The smallest absolute Gasteiger partial charge is 0.186 e. The number of rotatable bonds is 18. The van der Waals surface area contributed by atoms with Crippen LogP contribution in [0.1, 0.15) is 104 Å². The van der Waals surface area contributed by atoms with E-state index in [9.17, 15) is 5.11 Å². The first kappa shape index (κ1) is 27.8. The molecular formula is C24H47BrN2O. The molecule has 4 heteroatoms. The fraction of sp³-hybridized carbons (Fsp3) is 0.875. The lowest BCUT2D eigenvalue weighted by Crippen LogP contribution is -3.00. The summed E-state index contributed by atoms with van der Waals surface area (Å²) in [4.78, 5) is 4.44. The molecule has 1 N–H and O–H groups in total. The van der Waals surface area contributed by atoms with Gasteiger partial charge in [-0.2, -0.15) is 0 Å². The molecule has 2 unspecified atom stereocenters. The van der Waals surface area contributed by atoms with Gasteiger partial charge in [-0.15, -0.1) is 0 Å². The van der Waals surface area contributed by atoms with Gasteiger partial charge in [0.1, 0.15) is 19.1 Å². The second-order valence-electron chi connectivity index (χ2n) is 8.38. The summed E-state index contributed by atoms with van der Waals surface area (Å²) >= 11 is 0. The molecule has 28 heavy (non-hydrogen) atoms. The molecule has 0 aliphatic carbocycles. The van der Waals surface area contributed by atoms with Crippen molar-refractivity contribution >= 4 is 6.34 Å². The van der Waals surface area contributed by atoms with E-state index >= 15 is 0 Å². The highest BCUT2D eigenvalue weighted by Gasteiger charge is 2.35. The number of aliphatic imine (C=N–C) groups is 1. The van der Waals surface area contributed by atoms with E-state index in [0.29, 0.717) is 6.04 Å². The predicted molar refractivity (Wildman–Crippen MR) is 119 cm³/mol. The van der Waals surface area contributed by atoms with Crippen LogP contribution in [0.15, 0.2) is 17.1 Å². The Morgan fingerprint density at radius 3 is 1.96 bits per heavy atom. The van der Waals surface area contributed by atoms with Crippen LogP contribution in [-0.2, 0) is 0 Å². The Morgan fingerprint density at radius 2 is 1.50 bits per heavy atom. The lowest BCUT2D eigenvalue weighted by molar-refractivity contribution is -0.848. The first-order valence-electron chi connectivity index (χ1n) is 11.9. The normalized spacial score (nSPS) is 20.0. The monoisotopic (exact) mass is 458 g/mol. The Kier molecular flexibility index (Phi) is 18.7. The quantitative estimate of drug-likeness (QED) is 0.191. The number of aliphatic hydroxyl groups is 1. The largest absolute Gasteiger partial charge is 1.00 e. The highest BCUT2D eigenvalue weighted by molar-refractivity contribution is 5.49. The second kappa shape index (κ2) is 18.8. The van der Waals surface area contributed by atoms with E-state index < -0.39 is 0 Å². The number of halogens is 1. The molecule has 1 rings (SSSR count). The number of nitrogens with zero attached hydrogens (tertiary/aromatic N) is 2. The van der Waals surface area contributed by atoms with E-state index in [1.165, 1.54) is 83.5 Å². The van der Waals surface area contributed by atoms with Crippen molar-refractivity contribution in [2.24, 2.45) is 4.99 Å². The summed E-state index contributed by atoms with van der Waals surface area (Å²) in [6.45, 7) is 7.53. The molecule has 0 aromatic heterocycles. The van der Waals surface area contributed by atoms with Crippen LogP contribution in [-0.4, -0.2) is 48.2 Å². The van der Waals surface area contributed by atoms with Crippen LogP contribution < -0.4 is 17.0 Å². The Labute approximate surface area is 186 Å². The molecule has 0 bridgehead atoms. The topological polar surface area (TPSA) is 32.6 Å². The van der Waals surface area contributed by atoms with Crippen LogP contribution in [0.3, 0.4) is 0 Å². The molecule has 0 aromatic rings. The zero-order valence-electron chi connectivity index (χ0n) is 18.8. The minimum atomic E-state index is 0. The average Bonchev–Trinajstić information content (AvgIpc) is 3.15. The summed E-state index contributed by atoms with van der Waals surface area (Å²) < 4.78 is 0.849. The van der Waals surface area contributed by atoms with Crippen molar-refractivity contribution in [2.45, 2.75) is 110 Å². The molecule has 0 fully saturated rings. The lowest BCUT2D eigenvalue weighted by Gasteiger charge is -2.36. The van der Waals surface area contributed by atoms with Gasteiger partial charge < -0.3 is 22.1 Å². The van der Waals surface area contributed by atoms with Crippen molar-refractivity contribution < 1.29 is 26.6 Å². The standard InChI is InChI=1S/C24H47N2O.BrH/c1-3-5-6-7-8-9-10-11-12-13-14-15-16-17-18-24(4-2)26(21-22-27)20-19-25-23-26;/h17-18,23-24,27H,3-16,19-22H2,1-2H3;1H/q+1;/p-1/b18-17+;. The van der Waals surface area contributed by atoms with Crippen molar-refractivity contribution in [2.75, 3.05) is 26.2 Å². The van der Waals surface area contributed by atoms with E-state index in [4.69, 9.17) is 0 Å². The minimum absolute atomic E-state index is 0. The average molecular weight is 460 g/mol. The maximum atomic E-state index is 9.43. The molecule has 0 radical (unpaired) electrons. The van der Waals surface area contributed by atoms with Crippen LogP contribution >= 0.6 is 0 Å². The van der Waals surface area contributed by atoms with Gasteiger partial charge in [-0.3, -0.25) is 4.48 Å². The van der Waals surface area contributed by atoms with E-state index in [1.54, 1.807) is 0 Å². The zero-order valence-corrected chi connectivity index (χ0v) is 20.3. The first-order chi connectivity index (χ1) is 13.3. The van der Waals surface area contributed by atoms with Gasteiger partial charge in [0, 0.05) is 6.42 Å². The molecule has 0 aromatic carbocycles. The van der Waals surface area contributed by atoms with Gasteiger partial charge in [0.05, 0.1) is 13.2 Å². The number of aliphatic hydroxyl groups excluding tert-OH is 1. The number of hydrogen-bond donors (Lipinski definition) is 1. The van der Waals surface area contributed by atoms with Crippen LogP contribution in [0.25, 0.3) is 0 Å². The predicted octanol–water partition coefficient (Wildman–Crippen LogP) is 3.27. The van der Waals surface area contributed by atoms with Crippen LogP contribution in [0.4, 0.5) is 0 Å². The maximum Gasteiger partial charge on any atom is 0.186 e. The molecular weight excluding hydrogens is 412 g/mol. The Hall–Kier alpha value is -0.190. The Morgan fingerprint density at radius 1 is 0.929 bits per heavy atom. The molecule has 0 spiro atoms. The lowest BCUT2D eigenvalue weighted by atomic mass is 10.0. The van der Waals surface area contributed by atoms with Gasteiger partial charge >= 0.3 is 0 Å². The van der Waals surface area contributed by atoms with Crippen molar-refractivity contribution in [1.82, 2.24) is 0 Å². The first-order valence-corrected chi connectivity index (χ1v) is 11.9. The highest BCUT2D eigenvalue weighted by atomic mass is 79.9. The molecule has 3 nitrogen and oxygen atoms in total. The molecule has 1 aliphatic heterocycles. The van der Waals surface area contributed by atoms with Gasteiger partial charge in [0.2, 0.25) is 0 Å². The van der Waals surface area contributed by atoms with Gasteiger partial charge in [-0.25, -0.2) is 4.99 Å². The van der Waals surface area contributed by atoms with Gasteiger partial charge in [-0.05, 0) is 18.9 Å². The summed E-state index contributed by atoms with van der Waals surface area (Å²) in [5.74, 6) is 0. The molecule has 0 amide bonds. The number of quaternary nitrogens is 1. The summed E-state index contributed by atoms with van der Waals surface area (Å²) in [5.41, 5.74) is 0. The highest BCUT2D eigenvalue weighted by Crippen LogP contribution is 2.20. The maximum absolute atomic E-state index is 9.43. The molecule has 1 aliphatic rings. The van der Waals surface area contributed by atoms with E-state index in [0.717, 1.165) is 30.5 Å². The summed E-state index contributed by atoms with van der Waals surface area (Å²) in [7, 11) is 0. The van der Waals surface area contributed by atoms with E-state index in [1.807, 2.05) is 0 Å². The third kappa shape index (κ3) is 11.7. The molecule has 2 atom stereocenters. The van der Waals surface area contributed by atoms with Crippen LogP contribution in [0.5, 0.6) is 0 Å². The zero-order chi connectivity index (χ0) is 19.6.